The molecule has 1 aromatic rings. The van der Waals surface area contributed by atoms with Gasteiger partial charge in [-0.1, -0.05) is 6.07 Å². The Labute approximate surface area is 128 Å². The first-order valence-electron chi connectivity index (χ1n) is 7.16. The Hall–Kier alpha value is -1.69. The highest BCUT2D eigenvalue weighted by Gasteiger charge is 2.26. The van der Waals surface area contributed by atoms with Crippen molar-refractivity contribution in [1.29, 1.82) is 0 Å². The maximum Gasteiger partial charge on any atom is 0.240 e. The first kappa shape index (κ1) is 14.3. The summed E-state index contributed by atoms with van der Waals surface area (Å²) in [6, 6.07) is 5.91. The van der Waals surface area contributed by atoms with Gasteiger partial charge < -0.3 is 16.0 Å². The zero-order valence-corrected chi connectivity index (χ0v) is 12.6. The highest BCUT2D eigenvalue weighted by Crippen LogP contribution is 2.31. The molecule has 21 heavy (non-hydrogen) atoms. The number of thioether (sulfide) groups is 1. The molecule has 1 aliphatic carbocycles. The predicted molar refractivity (Wildman–Crippen MR) is 83.7 cm³/mol. The average Bonchev–Trinajstić information content (AvgIpc) is 2.84. The number of anilines is 1. The van der Waals surface area contributed by atoms with E-state index in [9.17, 15) is 9.59 Å². The van der Waals surface area contributed by atoms with Crippen LogP contribution in [0, 0.1) is 0 Å². The van der Waals surface area contributed by atoms with Crippen LogP contribution < -0.4 is 11.1 Å². The molecular weight excluding hydrogens is 286 g/mol. The Kier molecular flexibility index (Phi) is 4.05. The molecule has 0 saturated carbocycles. The van der Waals surface area contributed by atoms with Gasteiger partial charge in [0.1, 0.15) is 6.54 Å². The molecule has 112 valence electrons. The fourth-order valence-electron chi connectivity index (χ4n) is 2.94. The molecule has 2 aliphatic rings. The van der Waals surface area contributed by atoms with Crippen molar-refractivity contribution in [2.24, 2.45) is 0 Å². The van der Waals surface area contributed by atoms with Crippen molar-refractivity contribution in [3.05, 3.63) is 29.3 Å². The van der Waals surface area contributed by atoms with E-state index in [0.717, 1.165) is 30.5 Å². The van der Waals surface area contributed by atoms with Gasteiger partial charge in [-0.2, -0.15) is 0 Å². The van der Waals surface area contributed by atoms with Crippen molar-refractivity contribution >= 4 is 29.3 Å². The molecule has 1 atom stereocenters. The van der Waals surface area contributed by atoms with Gasteiger partial charge >= 0.3 is 0 Å². The van der Waals surface area contributed by atoms with Gasteiger partial charge in [0.2, 0.25) is 11.8 Å². The zero-order chi connectivity index (χ0) is 14.8. The number of carbonyl (C=O) groups excluding carboxylic acids is 2. The third-order valence-electron chi connectivity index (χ3n) is 3.98. The molecular formula is C15H19N3O2S. The van der Waals surface area contributed by atoms with Crippen LogP contribution in [-0.4, -0.2) is 34.9 Å². The summed E-state index contributed by atoms with van der Waals surface area (Å²) in [5.41, 5.74) is 8.96. The summed E-state index contributed by atoms with van der Waals surface area (Å²) in [6.45, 7) is 0.159. The van der Waals surface area contributed by atoms with Gasteiger partial charge in [-0.15, -0.1) is 11.8 Å². The molecule has 1 fully saturated rings. The minimum atomic E-state index is -0.0828. The Morgan fingerprint density at radius 3 is 3.10 bits per heavy atom. The molecule has 1 unspecified atom stereocenters. The first-order valence-corrected chi connectivity index (χ1v) is 8.32. The lowest BCUT2D eigenvalue weighted by Gasteiger charge is -2.27. The molecule has 6 heteroatoms. The summed E-state index contributed by atoms with van der Waals surface area (Å²) in [6.07, 6.45) is 2.99. The van der Waals surface area contributed by atoms with Crippen LogP contribution in [0.5, 0.6) is 0 Å². The molecule has 3 rings (SSSR count). The second kappa shape index (κ2) is 5.97. The minimum absolute atomic E-state index is 0.0345. The molecule has 3 N–H and O–H groups in total. The Balaban J connectivity index is 1.66. The van der Waals surface area contributed by atoms with Gasteiger partial charge in [0.05, 0.1) is 17.7 Å². The second-order valence-electron chi connectivity index (χ2n) is 5.54. The molecule has 0 spiro atoms. The van der Waals surface area contributed by atoms with Gasteiger partial charge in [-0.25, -0.2) is 0 Å². The number of fused-ring (bicyclic) bond motifs is 1. The van der Waals surface area contributed by atoms with Crippen LogP contribution in [0.2, 0.25) is 0 Å². The highest BCUT2D eigenvalue weighted by molar-refractivity contribution is 8.00. The van der Waals surface area contributed by atoms with Gasteiger partial charge in [0.15, 0.2) is 0 Å². The lowest BCUT2D eigenvalue weighted by atomic mass is 9.87. The Bertz CT molecular complexity index is 576. The standard InChI is InChI=1S/C15H19N3O2S/c16-11-4-5-12-10(6-11)2-1-3-13(12)17-14(19)7-18-9-21-8-15(18)20/h4-6,13H,1-3,7-9,16H2,(H,17,19). The van der Waals surface area contributed by atoms with E-state index in [2.05, 4.69) is 5.32 Å². The van der Waals surface area contributed by atoms with E-state index in [4.69, 9.17) is 5.73 Å². The topological polar surface area (TPSA) is 75.4 Å². The van der Waals surface area contributed by atoms with Crippen LogP contribution in [0.25, 0.3) is 0 Å². The Morgan fingerprint density at radius 2 is 2.33 bits per heavy atom. The molecule has 1 heterocycles. The van der Waals surface area contributed by atoms with E-state index < -0.39 is 0 Å². The van der Waals surface area contributed by atoms with E-state index >= 15 is 0 Å². The van der Waals surface area contributed by atoms with Crippen LogP contribution in [0.3, 0.4) is 0 Å². The maximum atomic E-state index is 12.2. The fraction of sp³-hybridized carbons (Fsp3) is 0.467. The second-order valence-corrected chi connectivity index (χ2v) is 6.49. The number of nitrogen functional groups attached to an aromatic ring is 1. The molecule has 0 radical (unpaired) electrons. The van der Waals surface area contributed by atoms with Crippen molar-refractivity contribution in [2.75, 3.05) is 23.9 Å². The number of rotatable bonds is 3. The van der Waals surface area contributed by atoms with Crippen molar-refractivity contribution in [3.63, 3.8) is 0 Å². The lowest BCUT2D eigenvalue weighted by molar-refractivity contribution is -0.132. The molecule has 0 aromatic heterocycles. The van der Waals surface area contributed by atoms with Crippen LogP contribution in [0.15, 0.2) is 18.2 Å². The fourth-order valence-corrected chi connectivity index (χ4v) is 3.84. The normalized spacial score (nSPS) is 21.2. The number of hydrogen-bond donors (Lipinski definition) is 2. The number of nitrogens with one attached hydrogen (secondary N) is 1. The smallest absolute Gasteiger partial charge is 0.240 e. The molecule has 0 bridgehead atoms. The van der Waals surface area contributed by atoms with Crippen molar-refractivity contribution in [2.45, 2.75) is 25.3 Å². The number of nitrogens with zero attached hydrogens (tertiary/aromatic N) is 1. The van der Waals surface area contributed by atoms with E-state index in [0.29, 0.717) is 11.6 Å². The van der Waals surface area contributed by atoms with E-state index in [1.54, 1.807) is 16.7 Å². The number of aryl methyl sites for hydroxylation is 1. The Morgan fingerprint density at radius 1 is 1.48 bits per heavy atom. The number of carbonyl (C=O) groups is 2. The minimum Gasteiger partial charge on any atom is -0.399 e. The van der Waals surface area contributed by atoms with Crippen LogP contribution in [-0.2, 0) is 16.0 Å². The third-order valence-corrected chi connectivity index (χ3v) is 4.92. The summed E-state index contributed by atoms with van der Waals surface area (Å²) < 4.78 is 0. The predicted octanol–water partition coefficient (Wildman–Crippen LogP) is 1.30. The summed E-state index contributed by atoms with van der Waals surface area (Å²) in [5.74, 6) is 1.07. The maximum absolute atomic E-state index is 12.2. The average molecular weight is 305 g/mol. The third kappa shape index (κ3) is 3.15. The number of benzene rings is 1. The van der Waals surface area contributed by atoms with Gasteiger partial charge in [0.25, 0.3) is 0 Å². The summed E-state index contributed by atoms with van der Waals surface area (Å²) >= 11 is 1.55. The van der Waals surface area contributed by atoms with E-state index in [-0.39, 0.29) is 24.4 Å². The lowest BCUT2D eigenvalue weighted by Crippen LogP contribution is -2.40. The van der Waals surface area contributed by atoms with Crippen LogP contribution in [0.4, 0.5) is 5.69 Å². The molecule has 2 amide bonds. The van der Waals surface area contributed by atoms with E-state index in [1.165, 1.54) is 5.56 Å². The summed E-state index contributed by atoms with van der Waals surface area (Å²) in [7, 11) is 0. The molecule has 1 aromatic carbocycles. The SMILES string of the molecule is Nc1ccc2c(c1)CCCC2NC(=O)CN1CSCC1=O. The highest BCUT2D eigenvalue weighted by atomic mass is 32.2. The van der Waals surface area contributed by atoms with Gasteiger partial charge in [0, 0.05) is 5.69 Å². The van der Waals surface area contributed by atoms with Gasteiger partial charge in [-0.3, -0.25) is 9.59 Å². The molecule has 1 aliphatic heterocycles. The summed E-state index contributed by atoms with van der Waals surface area (Å²) in [4.78, 5) is 25.3. The van der Waals surface area contributed by atoms with Crippen molar-refractivity contribution in [3.8, 4) is 0 Å². The zero-order valence-electron chi connectivity index (χ0n) is 11.8. The number of amides is 2. The van der Waals surface area contributed by atoms with Crippen LogP contribution >= 0.6 is 11.8 Å². The largest absolute Gasteiger partial charge is 0.399 e. The molecule has 1 saturated heterocycles. The van der Waals surface area contributed by atoms with Crippen molar-refractivity contribution < 1.29 is 9.59 Å². The number of hydrogen-bond acceptors (Lipinski definition) is 4. The first-order chi connectivity index (χ1) is 10.1. The number of nitrogens with two attached hydrogens (primary N) is 1. The van der Waals surface area contributed by atoms with Gasteiger partial charge in [-0.05, 0) is 42.5 Å². The van der Waals surface area contributed by atoms with Crippen molar-refractivity contribution in [1.82, 2.24) is 10.2 Å². The summed E-state index contributed by atoms with van der Waals surface area (Å²) in [5, 5.41) is 3.06. The van der Waals surface area contributed by atoms with E-state index in [1.807, 2.05) is 18.2 Å². The quantitative estimate of drug-likeness (QED) is 0.825. The van der Waals surface area contributed by atoms with Crippen LogP contribution in [0.1, 0.15) is 30.0 Å². The molecule has 5 nitrogen and oxygen atoms in total. The monoisotopic (exact) mass is 305 g/mol.